The van der Waals surface area contributed by atoms with Crippen molar-refractivity contribution in [3.63, 3.8) is 0 Å². The molecule has 1 atom stereocenters. The van der Waals surface area contributed by atoms with Crippen LogP contribution >= 0.6 is 0 Å². The number of aromatic nitrogens is 2. The molecule has 90 valence electrons. The van der Waals surface area contributed by atoms with Gasteiger partial charge in [-0.25, -0.2) is 0 Å². The Kier molecular flexibility index (Phi) is 3.43. The smallest absolute Gasteiger partial charge is 0.323 e. The van der Waals surface area contributed by atoms with Gasteiger partial charge in [0.1, 0.15) is 0 Å². The van der Waals surface area contributed by atoms with Crippen LogP contribution in [0, 0.1) is 0 Å². The highest BCUT2D eigenvalue weighted by Gasteiger charge is 2.23. The van der Waals surface area contributed by atoms with E-state index in [0.717, 1.165) is 18.9 Å². The van der Waals surface area contributed by atoms with E-state index in [-0.39, 0.29) is 0 Å². The predicted octanol–water partition coefficient (Wildman–Crippen LogP) is 1.38. The van der Waals surface area contributed by atoms with Crippen molar-refractivity contribution in [1.29, 1.82) is 0 Å². The van der Waals surface area contributed by atoms with E-state index in [4.69, 9.17) is 4.52 Å². The highest BCUT2D eigenvalue weighted by molar-refractivity contribution is 5.26. The molecule has 1 N–H and O–H groups in total. The SMILES string of the molecule is CNC1CCCN(c2nc(C(C)C)no2)C1. The zero-order valence-corrected chi connectivity index (χ0v) is 10.2. The molecule has 0 amide bonds. The van der Waals surface area contributed by atoms with Crippen molar-refractivity contribution in [3.05, 3.63) is 5.82 Å². The van der Waals surface area contributed by atoms with Gasteiger partial charge in [-0.05, 0) is 19.9 Å². The summed E-state index contributed by atoms with van der Waals surface area (Å²) < 4.78 is 5.30. The van der Waals surface area contributed by atoms with E-state index in [0.29, 0.717) is 18.0 Å². The Balaban J connectivity index is 2.05. The van der Waals surface area contributed by atoms with Gasteiger partial charge in [-0.1, -0.05) is 19.0 Å². The Hall–Kier alpha value is -1.10. The second-order valence-corrected chi connectivity index (χ2v) is 4.66. The van der Waals surface area contributed by atoms with Crippen molar-refractivity contribution >= 4 is 6.01 Å². The Morgan fingerprint density at radius 1 is 1.50 bits per heavy atom. The number of nitrogens with one attached hydrogen (secondary N) is 1. The van der Waals surface area contributed by atoms with Crippen LogP contribution in [0.1, 0.15) is 38.4 Å². The molecule has 5 heteroatoms. The molecular weight excluding hydrogens is 204 g/mol. The topological polar surface area (TPSA) is 54.2 Å². The molecule has 0 bridgehead atoms. The molecule has 1 aromatic heterocycles. The number of likely N-dealkylation sites (N-methyl/N-ethyl adjacent to an activating group) is 1. The van der Waals surface area contributed by atoms with Crippen LogP contribution in [-0.2, 0) is 0 Å². The molecule has 1 aromatic rings. The first-order chi connectivity index (χ1) is 7.70. The Morgan fingerprint density at radius 3 is 2.94 bits per heavy atom. The van der Waals surface area contributed by atoms with Gasteiger partial charge in [0.25, 0.3) is 0 Å². The zero-order chi connectivity index (χ0) is 11.5. The van der Waals surface area contributed by atoms with Crippen LogP contribution in [0.4, 0.5) is 6.01 Å². The van der Waals surface area contributed by atoms with E-state index in [1.165, 1.54) is 12.8 Å². The van der Waals surface area contributed by atoms with Gasteiger partial charge in [0, 0.05) is 25.0 Å². The quantitative estimate of drug-likeness (QED) is 0.840. The van der Waals surface area contributed by atoms with E-state index in [9.17, 15) is 0 Å². The standard InChI is InChI=1S/C11H20N4O/c1-8(2)10-13-11(16-14-10)15-6-4-5-9(7-15)12-3/h8-9,12H,4-7H2,1-3H3. The molecule has 1 unspecified atom stereocenters. The first-order valence-corrected chi connectivity index (χ1v) is 5.96. The number of rotatable bonds is 3. The molecule has 0 aromatic carbocycles. The van der Waals surface area contributed by atoms with Crippen LogP contribution in [0.25, 0.3) is 0 Å². The van der Waals surface area contributed by atoms with Crippen molar-refractivity contribution in [2.24, 2.45) is 0 Å². The minimum Gasteiger partial charge on any atom is -0.323 e. The summed E-state index contributed by atoms with van der Waals surface area (Å²) in [5.41, 5.74) is 0. The van der Waals surface area contributed by atoms with E-state index in [2.05, 4.69) is 34.2 Å². The highest BCUT2D eigenvalue weighted by Crippen LogP contribution is 2.20. The lowest BCUT2D eigenvalue weighted by Crippen LogP contribution is -2.44. The number of hydrogen-bond donors (Lipinski definition) is 1. The predicted molar refractivity (Wildman–Crippen MR) is 62.7 cm³/mol. The number of nitrogens with zero attached hydrogens (tertiary/aromatic N) is 3. The summed E-state index contributed by atoms with van der Waals surface area (Å²) in [7, 11) is 2.00. The summed E-state index contributed by atoms with van der Waals surface area (Å²) >= 11 is 0. The van der Waals surface area contributed by atoms with E-state index >= 15 is 0 Å². The molecule has 0 saturated carbocycles. The van der Waals surface area contributed by atoms with Crippen molar-refractivity contribution in [1.82, 2.24) is 15.5 Å². The van der Waals surface area contributed by atoms with Gasteiger partial charge >= 0.3 is 6.01 Å². The fraction of sp³-hybridized carbons (Fsp3) is 0.818. The normalized spacial score (nSPS) is 21.8. The third-order valence-electron chi connectivity index (χ3n) is 3.05. The van der Waals surface area contributed by atoms with Crippen LogP contribution in [0.5, 0.6) is 0 Å². The third-order valence-corrected chi connectivity index (χ3v) is 3.05. The molecule has 2 heterocycles. The number of anilines is 1. The summed E-state index contributed by atoms with van der Waals surface area (Å²) in [6.07, 6.45) is 2.39. The van der Waals surface area contributed by atoms with Gasteiger partial charge < -0.3 is 14.7 Å². The first-order valence-electron chi connectivity index (χ1n) is 5.96. The van der Waals surface area contributed by atoms with Gasteiger partial charge in [0.15, 0.2) is 5.82 Å². The van der Waals surface area contributed by atoms with Gasteiger partial charge in [-0.3, -0.25) is 0 Å². The van der Waals surface area contributed by atoms with Crippen molar-refractivity contribution < 1.29 is 4.52 Å². The molecule has 16 heavy (non-hydrogen) atoms. The molecule has 0 spiro atoms. The third kappa shape index (κ3) is 2.35. The summed E-state index contributed by atoms with van der Waals surface area (Å²) in [5, 5.41) is 7.30. The van der Waals surface area contributed by atoms with Crippen LogP contribution in [0.15, 0.2) is 4.52 Å². The van der Waals surface area contributed by atoms with Gasteiger partial charge in [0.05, 0.1) is 0 Å². The monoisotopic (exact) mass is 224 g/mol. The molecule has 5 nitrogen and oxygen atoms in total. The molecule has 1 aliphatic rings. The molecule has 0 radical (unpaired) electrons. The Morgan fingerprint density at radius 2 is 2.31 bits per heavy atom. The van der Waals surface area contributed by atoms with Crippen LogP contribution in [0.3, 0.4) is 0 Å². The van der Waals surface area contributed by atoms with E-state index < -0.39 is 0 Å². The summed E-state index contributed by atoms with van der Waals surface area (Å²) in [4.78, 5) is 6.59. The number of piperidine rings is 1. The second-order valence-electron chi connectivity index (χ2n) is 4.66. The molecule has 1 saturated heterocycles. The van der Waals surface area contributed by atoms with Gasteiger partial charge in [-0.2, -0.15) is 4.98 Å². The maximum atomic E-state index is 5.30. The maximum absolute atomic E-state index is 5.30. The van der Waals surface area contributed by atoms with Crippen molar-refractivity contribution in [2.45, 2.75) is 38.6 Å². The minimum absolute atomic E-state index is 0.322. The van der Waals surface area contributed by atoms with E-state index in [1.54, 1.807) is 0 Å². The summed E-state index contributed by atoms with van der Waals surface area (Å²) in [5.74, 6) is 1.11. The van der Waals surface area contributed by atoms with Crippen LogP contribution in [-0.4, -0.2) is 36.3 Å². The molecule has 1 fully saturated rings. The minimum atomic E-state index is 0.322. The summed E-state index contributed by atoms with van der Waals surface area (Å²) in [6, 6.07) is 1.20. The largest absolute Gasteiger partial charge is 0.324 e. The fourth-order valence-electron chi connectivity index (χ4n) is 1.98. The van der Waals surface area contributed by atoms with Gasteiger partial charge in [0.2, 0.25) is 0 Å². The van der Waals surface area contributed by atoms with Crippen molar-refractivity contribution in [2.75, 3.05) is 25.0 Å². The molecule has 2 rings (SSSR count). The first kappa shape index (κ1) is 11.4. The van der Waals surface area contributed by atoms with E-state index in [1.807, 2.05) is 7.05 Å². The molecular formula is C11H20N4O. The van der Waals surface area contributed by atoms with Crippen molar-refractivity contribution in [3.8, 4) is 0 Å². The Labute approximate surface area is 96.2 Å². The molecule has 0 aliphatic carbocycles. The summed E-state index contributed by atoms with van der Waals surface area (Å²) in [6.45, 7) is 6.11. The fourth-order valence-corrected chi connectivity index (χ4v) is 1.98. The number of hydrogen-bond acceptors (Lipinski definition) is 5. The van der Waals surface area contributed by atoms with Crippen LogP contribution in [0.2, 0.25) is 0 Å². The lowest BCUT2D eigenvalue weighted by Gasteiger charge is -2.30. The lowest BCUT2D eigenvalue weighted by molar-refractivity contribution is 0.375. The lowest BCUT2D eigenvalue weighted by atomic mass is 10.1. The highest BCUT2D eigenvalue weighted by atomic mass is 16.5. The van der Waals surface area contributed by atoms with Crippen LogP contribution < -0.4 is 10.2 Å². The zero-order valence-electron chi connectivity index (χ0n) is 10.2. The molecule has 1 aliphatic heterocycles. The van der Waals surface area contributed by atoms with Gasteiger partial charge in [-0.15, -0.1) is 0 Å². The maximum Gasteiger partial charge on any atom is 0.324 e. The Bertz CT molecular complexity index is 336. The average Bonchev–Trinajstić information content (AvgIpc) is 2.78. The second kappa shape index (κ2) is 4.82. The average molecular weight is 224 g/mol.